The molecule has 0 aromatic heterocycles. The molecule has 0 bridgehead atoms. The van der Waals surface area contributed by atoms with Crippen molar-refractivity contribution in [3.05, 3.63) is 59.1 Å². The molecule has 0 fully saturated rings. The molecular formula is C19H25Cl2N3O2. The maximum absolute atomic E-state index is 11.9. The maximum Gasteiger partial charge on any atom is 0.238 e. The zero-order valence-corrected chi connectivity index (χ0v) is 16.5. The van der Waals surface area contributed by atoms with Crippen LogP contribution in [0.5, 0.6) is 0 Å². The summed E-state index contributed by atoms with van der Waals surface area (Å²) in [6.07, 6.45) is 0. The summed E-state index contributed by atoms with van der Waals surface area (Å²) in [4.78, 5) is 11.9. The molecule has 0 saturated carbocycles. The molecule has 0 aliphatic carbocycles. The molecule has 0 aliphatic rings. The number of anilines is 2. The van der Waals surface area contributed by atoms with E-state index in [-0.39, 0.29) is 30.9 Å². The van der Waals surface area contributed by atoms with E-state index >= 15 is 0 Å². The Bertz CT molecular complexity index is 684. The molecule has 2 aromatic rings. The third kappa shape index (κ3) is 7.22. The van der Waals surface area contributed by atoms with E-state index in [9.17, 15) is 4.79 Å². The van der Waals surface area contributed by atoms with Gasteiger partial charge >= 0.3 is 0 Å². The highest BCUT2D eigenvalue weighted by Gasteiger charge is 2.09. The Kier molecular flexibility index (Phi) is 10.1. The highest BCUT2D eigenvalue weighted by Crippen LogP contribution is 2.28. The van der Waals surface area contributed by atoms with Gasteiger partial charge in [0.25, 0.3) is 0 Å². The number of hydrogen-bond acceptors (Lipinski definition) is 4. The molecule has 2 aromatic carbocycles. The lowest BCUT2D eigenvalue weighted by Gasteiger charge is -2.17. The van der Waals surface area contributed by atoms with Gasteiger partial charge in [0.1, 0.15) is 0 Å². The fourth-order valence-corrected chi connectivity index (χ4v) is 2.58. The molecule has 3 N–H and O–H groups in total. The molecule has 0 saturated heterocycles. The summed E-state index contributed by atoms with van der Waals surface area (Å²) in [5, 5.41) is 9.76. The summed E-state index contributed by atoms with van der Waals surface area (Å²) in [5.74, 6) is -0.120. The standard InChI is InChI=1S/C19H24ClN3O2.ClH/c1-14(15-6-4-3-5-7-15)22-18-9-8-16(12-17(18)20)23-19(24)13-21-10-11-25-2;/h3-9,12,14,21-22H,10-11,13H2,1-2H3,(H,23,24);1H. The van der Waals surface area contributed by atoms with Gasteiger partial charge in [-0.2, -0.15) is 0 Å². The second-order valence-electron chi connectivity index (χ2n) is 5.69. The summed E-state index contributed by atoms with van der Waals surface area (Å²) in [6, 6.07) is 15.7. The zero-order chi connectivity index (χ0) is 18.1. The minimum Gasteiger partial charge on any atom is -0.383 e. The van der Waals surface area contributed by atoms with Gasteiger partial charge in [-0.1, -0.05) is 41.9 Å². The maximum atomic E-state index is 11.9. The number of amides is 1. The third-order valence-corrected chi connectivity index (χ3v) is 4.01. The third-order valence-electron chi connectivity index (χ3n) is 3.69. The number of nitrogens with one attached hydrogen (secondary N) is 3. The summed E-state index contributed by atoms with van der Waals surface area (Å²) >= 11 is 6.34. The normalized spacial score (nSPS) is 11.3. The topological polar surface area (TPSA) is 62.4 Å². The van der Waals surface area contributed by atoms with Crippen LogP contribution in [0.15, 0.2) is 48.5 Å². The quantitative estimate of drug-likeness (QED) is 0.557. The van der Waals surface area contributed by atoms with Gasteiger partial charge in [0, 0.05) is 25.4 Å². The van der Waals surface area contributed by atoms with Crippen molar-refractivity contribution in [1.82, 2.24) is 5.32 Å². The van der Waals surface area contributed by atoms with Crippen LogP contribution in [0, 0.1) is 0 Å². The highest BCUT2D eigenvalue weighted by molar-refractivity contribution is 6.33. The van der Waals surface area contributed by atoms with Crippen molar-refractivity contribution in [2.75, 3.05) is 37.4 Å². The van der Waals surface area contributed by atoms with Gasteiger partial charge in [0.2, 0.25) is 5.91 Å². The van der Waals surface area contributed by atoms with Crippen LogP contribution in [-0.2, 0) is 9.53 Å². The Balaban J connectivity index is 0.00000338. The predicted molar refractivity (Wildman–Crippen MR) is 111 cm³/mol. The van der Waals surface area contributed by atoms with E-state index in [4.69, 9.17) is 16.3 Å². The molecule has 1 unspecified atom stereocenters. The smallest absolute Gasteiger partial charge is 0.238 e. The molecule has 0 spiro atoms. The number of benzene rings is 2. The number of carbonyl (C=O) groups excluding carboxylic acids is 1. The highest BCUT2D eigenvalue weighted by atomic mass is 35.5. The number of hydrogen-bond donors (Lipinski definition) is 3. The lowest BCUT2D eigenvalue weighted by atomic mass is 10.1. The van der Waals surface area contributed by atoms with Gasteiger partial charge in [-0.15, -0.1) is 12.4 Å². The average Bonchev–Trinajstić information content (AvgIpc) is 2.62. The molecule has 1 atom stereocenters. The summed E-state index contributed by atoms with van der Waals surface area (Å²) in [7, 11) is 1.62. The van der Waals surface area contributed by atoms with E-state index in [2.05, 4.69) is 35.0 Å². The first-order chi connectivity index (χ1) is 12.1. The zero-order valence-electron chi connectivity index (χ0n) is 14.9. The first kappa shape index (κ1) is 22.3. The Labute approximate surface area is 165 Å². The molecule has 2 rings (SSSR count). The molecule has 0 heterocycles. The van der Waals surface area contributed by atoms with E-state index in [1.54, 1.807) is 13.2 Å². The van der Waals surface area contributed by atoms with E-state index in [0.717, 1.165) is 5.69 Å². The van der Waals surface area contributed by atoms with Gasteiger partial charge in [-0.3, -0.25) is 4.79 Å². The second kappa shape index (κ2) is 11.8. The van der Waals surface area contributed by atoms with Crippen LogP contribution in [0.25, 0.3) is 0 Å². The summed E-state index contributed by atoms with van der Waals surface area (Å²) in [6.45, 7) is 3.50. The van der Waals surface area contributed by atoms with Gasteiger partial charge in [-0.05, 0) is 30.7 Å². The Morgan fingerprint density at radius 2 is 1.92 bits per heavy atom. The first-order valence-electron chi connectivity index (χ1n) is 8.20. The number of ether oxygens (including phenoxy) is 1. The van der Waals surface area contributed by atoms with E-state index in [1.807, 2.05) is 30.3 Å². The minimum atomic E-state index is -0.120. The number of carbonyl (C=O) groups is 1. The molecule has 0 aliphatic heterocycles. The van der Waals surface area contributed by atoms with Crippen LogP contribution in [0.1, 0.15) is 18.5 Å². The van der Waals surface area contributed by atoms with Crippen molar-refractivity contribution in [1.29, 1.82) is 0 Å². The summed E-state index contributed by atoms with van der Waals surface area (Å²) in [5.41, 5.74) is 2.67. The fourth-order valence-electron chi connectivity index (χ4n) is 2.35. The van der Waals surface area contributed by atoms with Crippen LogP contribution in [0.4, 0.5) is 11.4 Å². The molecule has 1 amide bonds. The summed E-state index contributed by atoms with van der Waals surface area (Å²) < 4.78 is 4.92. The van der Waals surface area contributed by atoms with Crippen LogP contribution in [-0.4, -0.2) is 32.7 Å². The lowest BCUT2D eigenvalue weighted by Crippen LogP contribution is -2.30. The Morgan fingerprint density at radius 1 is 1.19 bits per heavy atom. The van der Waals surface area contributed by atoms with Gasteiger partial charge < -0.3 is 20.7 Å². The van der Waals surface area contributed by atoms with Crippen molar-refractivity contribution < 1.29 is 9.53 Å². The van der Waals surface area contributed by atoms with Crippen molar-refractivity contribution in [2.45, 2.75) is 13.0 Å². The fraction of sp³-hybridized carbons (Fsp3) is 0.316. The number of rotatable bonds is 9. The Hall–Kier alpha value is -1.79. The van der Waals surface area contributed by atoms with Crippen molar-refractivity contribution in [2.24, 2.45) is 0 Å². The molecule has 142 valence electrons. The monoisotopic (exact) mass is 397 g/mol. The van der Waals surface area contributed by atoms with E-state index in [1.165, 1.54) is 5.56 Å². The molecule has 7 heteroatoms. The Morgan fingerprint density at radius 3 is 2.58 bits per heavy atom. The van der Waals surface area contributed by atoms with Gasteiger partial charge in [0.15, 0.2) is 0 Å². The van der Waals surface area contributed by atoms with Gasteiger partial charge in [-0.25, -0.2) is 0 Å². The minimum absolute atomic E-state index is 0. The number of halogens is 2. The SMILES string of the molecule is COCCNCC(=O)Nc1ccc(NC(C)c2ccccc2)c(Cl)c1.Cl. The van der Waals surface area contributed by atoms with Gasteiger partial charge in [0.05, 0.1) is 23.9 Å². The van der Waals surface area contributed by atoms with Crippen molar-refractivity contribution in [3.63, 3.8) is 0 Å². The largest absolute Gasteiger partial charge is 0.383 e. The molecule has 5 nitrogen and oxygen atoms in total. The van der Waals surface area contributed by atoms with Crippen LogP contribution in [0.3, 0.4) is 0 Å². The predicted octanol–water partition coefficient (Wildman–Crippen LogP) is 4.11. The van der Waals surface area contributed by atoms with E-state index in [0.29, 0.717) is 23.9 Å². The van der Waals surface area contributed by atoms with Crippen molar-refractivity contribution >= 4 is 41.3 Å². The van der Waals surface area contributed by atoms with Crippen LogP contribution >= 0.6 is 24.0 Å². The second-order valence-corrected chi connectivity index (χ2v) is 6.10. The van der Waals surface area contributed by atoms with Crippen LogP contribution < -0.4 is 16.0 Å². The molecule has 0 radical (unpaired) electrons. The van der Waals surface area contributed by atoms with Crippen LogP contribution in [0.2, 0.25) is 5.02 Å². The molecular weight excluding hydrogens is 373 g/mol. The lowest BCUT2D eigenvalue weighted by molar-refractivity contribution is -0.115. The van der Waals surface area contributed by atoms with E-state index < -0.39 is 0 Å². The average molecular weight is 398 g/mol. The van der Waals surface area contributed by atoms with Crippen molar-refractivity contribution in [3.8, 4) is 0 Å². The number of methoxy groups -OCH3 is 1. The molecule has 26 heavy (non-hydrogen) atoms. The first-order valence-corrected chi connectivity index (χ1v) is 8.58.